The van der Waals surface area contributed by atoms with Gasteiger partial charge in [0.25, 0.3) is 10.1 Å². The van der Waals surface area contributed by atoms with Crippen molar-refractivity contribution in [1.82, 2.24) is 9.80 Å². The van der Waals surface area contributed by atoms with Gasteiger partial charge in [0.15, 0.2) is 0 Å². The van der Waals surface area contributed by atoms with Gasteiger partial charge in [0.05, 0.1) is 5.25 Å². The van der Waals surface area contributed by atoms with Crippen LogP contribution < -0.4 is 0 Å². The Morgan fingerprint density at radius 3 is 2.33 bits per heavy atom. The first-order valence-electron chi connectivity index (χ1n) is 8.47. The summed E-state index contributed by atoms with van der Waals surface area (Å²) in [6, 6.07) is 1.27. The van der Waals surface area contributed by atoms with Gasteiger partial charge >= 0.3 is 0 Å². The van der Waals surface area contributed by atoms with Crippen LogP contribution in [0.3, 0.4) is 0 Å². The van der Waals surface area contributed by atoms with Gasteiger partial charge in [-0.15, -0.1) is 0 Å². The third kappa shape index (κ3) is 2.54. The number of nitrogens with zero attached hydrogens (tertiary/aromatic N) is 2. The molecule has 0 amide bonds. The second kappa shape index (κ2) is 5.18. The van der Waals surface area contributed by atoms with Gasteiger partial charge < -0.3 is 0 Å². The molecule has 5 nitrogen and oxygen atoms in total. The topological polar surface area (TPSA) is 60.9 Å². The minimum atomic E-state index is -3.88. The van der Waals surface area contributed by atoms with E-state index in [1.807, 2.05) is 0 Å². The van der Waals surface area contributed by atoms with Crippen LogP contribution in [0.15, 0.2) is 0 Å². The Bertz CT molecular complexity index is 509. The lowest BCUT2D eigenvalue weighted by Crippen LogP contribution is -2.64. The van der Waals surface area contributed by atoms with Crippen LogP contribution >= 0.6 is 0 Å². The minimum absolute atomic E-state index is 0.544. The maximum Gasteiger partial charge on any atom is 0.269 e. The smallest absolute Gasteiger partial charge is 0.269 e. The summed E-state index contributed by atoms with van der Waals surface area (Å²) in [6.45, 7) is 4.05. The Labute approximate surface area is 127 Å². The van der Waals surface area contributed by atoms with Gasteiger partial charge in [0.1, 0.15) is 0 Å². The molecule has 1 unspecified atom stereocenters. The molecular formula is C15H26N2O3S. The van der Waals surface area contributed by atoms with E-state index in [9.17, 15) is 13.0 Å². The average Bonchev–Trinajstić information content (AvgIpc) is 2.46. The molecule has 5 atom stereocenters. The van der Waals surface area contributed by atoms with E-state index < -0.39 is 15.4 Å². The Hall–Kier alpha value is -0.170. The molecule has 0 aliphatic carbocycles. The molecule has 0 saturated carbocycles. The van der Waals surface area contributed by atoms with E-state index in [1.165, 1.54) is 38.8 Å². The molecule has 0 spiro atoms. The normalized spacial score (nSPS) is 44.9. The fraction of sp³-hybridized carbons (Fsp3) is 1.00. The highest BCUT2D eigenvalue weighted by atomic mass is 32.2. The number of rotatable bonds is 1. The number of piperidine rings is 4. The highest BCUT2D eigenvalue weighted by molar-refractivity contribution is 7.86. The summed E-state index contributed by atoms with van der Waals surface area (Å²) in [5, 5.41) is -0.560. The molecule has 4 aliphatic heterocycles. The van der Waals surface area contributed by atoms with Crippen LogP contribution in [-0.2, 0) is 10.1 Å². The van der Waals surface area contributed by atoms with Crippen molar-refractivity contribution in [2.75, 3.05) is 26.2 Å². The second-order valence-electron chi connectivity index (χ2n) is 7.55. The first-order valence-corrected chi connectivity index (χ1v) is 9.97. The van der Waals surface area contributed by atoms with Crippen molar-refractivity contribution >= 4 is 10.1 Å². The van der Waals surface area contributed by atoms with Gasteiger partial charge in [0, 0.05) is 31.7 Å². The van der Waals surface area contributed by atoms with Gasteiger partial charge in [0.2, 0.25) is 0 Å². The molecular weight excluding hydrogens is 288 g/mol. The molecule has 21 heavy (non-hydrogen) atoms. The van der Waals surface area contributed by atoms with Gasteiger partial charge in [-0.1, -0.05) is 6.42 Å². The summed E-state index contributed by atoms with van der Waals surface area (Å²) in [6.07, 6.45) is 6.90. The molecule has 4 rings (SSSR count). The molecule has 120 valence electrons. The average molecular weight is 314 g/mol. The van der Waals surface area contributed by atoms with Gasteiger partial charge in [-0.05, 0) is 50.5 Å². The second-order valence-corrected chi connectivity index (χ2v) is 9.25. The van der Waals surface area contributed by atoms with Crippen molar-refractivity contribution in [3.8, 4) is 0 Å². The predicted octanol–water partition coefficient (Wildman–Crippen LogP) is 1.21. The predicted molar refractivity (Wildman–Crippen MR) is 80.7 cm³/mol. The van der Waals surface area contributed by atoms with Crippen molar-refractivity contribution in [2.24, 2.45) is 11.8 Å². The van der Waals surface area contributed by atoms with E-state index in [1.54, 1.807) is 0 Å². The first-order chi connectivity index (χ1) is 10.0. The molecule has 6 heteroatoms. The summed E-state index contributed by atoms with van der Waals surface area (Å²) in [7, 11) is -3.88. The monoisotopic (exact) mass is 314 g/mol. The quantitative estimate of drug-likeness (QED) is 0.737. The van der Waals surface area contributed by atoms with Crippen LogP contribution in [0.1, 0.15) is 38.5 Å². The van der Waals surface area contributed by atoms with Crippen LogP contribution in [0.25, 0.3) is 0 Å². The maximum atomic E-state index is 11.5. The third-order valence-electron chi connectivity index (χ3n) is 6.41. The molecule has 0 aromatic heterocycles. The standard InChI is InChI=1S/C15H26N2O3S/c18-21(19,20)13-4-5-15-11-7-12(9-17(15)10-13)14-3-1-2-6-16(14)8-11/h11-15H,1-10H2,(H,18,19,20)/t11-,12+,13?,14-,15+/m1/s1. The molecule has 1 N–H and O–H groups in total. The van der Waals surface area contributed by atoms with Crippen LogP contribution in [0, 0.1) is 11.8 Å². The maximum absolute atomic E-state index is 11.5. The molecule has 2 bridgehead atoms. The Kier molecular flexibility index (Phi) is 3.56. The summed E-state index contributed by atoms with van der Waals surface area (Å²) in [4.78, 5) is 5.11. The third-order valence-corrected chi connectivity index (χ3v) is 7.64. The molecule has 0 aromatic rings. The Morgan fingerprint density at radius 1 is 0.857 bits per heavy atom. The SMILES string of the molecule is O=S(=O)(O)C1CC[C@H]2[C@@H]3C[C@@H](CN2C1)[C@H]1CCCCN1C3. The van der Waals surface area contributed by atoms with E-state index >= 15 is 0 Å². The zero-order valence-electron chi connectivity index (χ0n) is 12.5. The van der Waals surface area contributed by atoms with Crippen molar-refractivity contribution < 1.29 is 13.0 Å². The Morgan fingerprint density at radius 2 is 1.57 bits per heavy atom. The molecule has 0 radical (unpaired) electrons. The van der Waals surface area contributed by atoms with Crippen LogP contribution in [0.5, 0.6) is 0 Å². The van der Waals surface area contributed by atoms with E-state index in [4.69, 9.17) is 0 Å². The summed E-state index contributed by atoms with van der Waals surface area (Å²) in [5.74, 6) is 1.42. The Balaban J connectivity index is 1.53. The summed E-state index contributed by atoms with van der Waals surface area (Å²) >= 11 is 0. The lowest BCUT2D eigenvalue weighted by atomic mass is 9.71. The largest absolute Gasteiger partial charge is 0.300 e. The lowest BCUT2D eigenvalue weighted by molar-refractivity contribution is -0.0714. The van der Waals surface area contributed by atoms with Crippen LogP contribution in [-0.4, -0.2) is 66.3 Å². The van der Waals surface area contributed by atoms with Crippen LogP contribution in [0.2, 0.25) is 0 Å². The number of hydrogen-bond donors (Lipinski definition) is 1. The molecule has 4 fully saturated rings. The van der Waals surface area contributed by atoms with E-state index in [0.717, 1.165) is 19.0 Å². The highest BCUT2D eigenvalue weighted by Crippen LogP contribution is 2.43. The minimum Gasteiger partial charge on any atom is -0.300 e. The zero-order chi connectivity index (χ0) is 14.6. The fourth-order valence-corrected chi connectivity index (χ4v) is 6.30. The van der Waals surface area contributed by atoms with E-state index in [-0.39, 0.29) is 0 Å². The number of hydrogen-bond acceptors (Lipinski definition) is 4. The molecule has 0 aromatic carbocycles. The first kappa shape index (κ1) is 14.4. The number of fused-ring (bicyclic) bond motifs is 6. The molecule has 4 heterocycles. The van der Waals surface area contributed by atoms with E-state index in [0.29, 0.717) is 30.8 Å². The van der Waals surface area contributed by atoms with Crippen molar-refractivity contribution in [3.05, 3.63) is 0 Å². The molecule has 4 aliphatic rings. The fourth-order valence-electron chi connectivity index (χ4n) is 5.49. The highest BCUT2D eigenvalue weighted by Gasteiger charge is 2.48. The lowest BCUT2D eigenvalue weighted by Gasteiger charge is -2.57. The summed E-state index contributed by atoms with van der Waals surface area (Å²) in [5.41, 5.74) is 0. The van der Waals surface area contributed by atoms with Gasteiger partial charge in [-0.3, -0.25) is 14.4 Å². The van der Waals surface area contributed by atoms with E-state index in [2.05, 4.69) is 9.80 Å². The van der Waals surface area contributed by atoms with Crippen molar-refractivity contribution in [1.29, 1.82) is 0 Å². The summed E-state index contributed by atoms with van der Waals surface area (Å²) < 4.78 is 32.3. The molecule has 4 saturated heterocycles. The van der Waals surface area contributed by atoms with Gasteiger partial charge in [-0.25, -0.2) is 0 Å². The van der Waals surface area contributed by atoms with Crippen molar-refractivity contribution in [2.45, 2.75) is 55.9 Å². The zero-order valence-corrected chi connectivity index (χ0v) is 13.3. The van der Waals surface area contributed by atoms with Gasteiger partial charge in [-0.2, -0.15) is 8.42 Å². The van der Waals surface area contributed by atoms with Crippen LogP contribution in [0.4, 0.5) is 0 Å². The van der Waals surface area contributed by atoms with Crippen molar-refractivity contribution in [3.63, 3.8) is 0 Å².